The first kappa shape index (κ1) is 26.8. The van der Waals surface area contributed by atoms with Gasteiger partial charge in [0.15, 0.2) is 11.5 Å². The van der Waals surface area contributed by atoms with Crippen molar-refractivity contribution in [1.82, 2.24) is 5.32 Å². The highest BCUT2D eigenvalue weighted by atomic mass is 35.5. The summed E-state index contributed by atoms with van der Waals surface area (Å²) in [6.45, 7) is 4.81. The van der Waals surface area contributed by atoms with Gasteiger partial charge < -0.3 is 14.2 Å². The minimum absolute atomic E-state index is 0.234. The van der Waals surface area contributed by atoms with Crippen LogP contribution in [0.2, 0.25) is 5.02 Å². The Labute approximate surface area is 225 Å². The van der Waals surface area contributed by atoms with Crippen LogP contribution in [0.15, 0.2) is 66.2 Å². The molecule has 1 aliphatic heterocycles. The number of barbiturate groups is 1. The zero-order chi connectivity index (χ0) is 27.2. The number of benzene rings is 3. The van der Waals surface area contributed by atoms with E-state index in [9.17, 15) is 14.4 Å². The second-order valence-electron chi connectivity index (χ2n) is 8.61. The minimum Gasteiger partial charge on any atom is -0.494 e. The number of aryl methyl sites for hydroxylation is 1. The second kappa shape index (κ2) is 11.8. The maximum atomic E-state index is 13.3. The molecule has 0 atom stereocenters. The Balaban J connectivity index is 1.59. The lowest BCUT2D eigenvalue weighted by atomic mass is 10.1. The molecule has 1 heterocycles. The summed E-state index contributed by atoms with van der Waals surface area (Å²) in [5.74, 6) is -0.306. The van der Waals surface area contributed by atoms with Gasteiger partial charge in [-0.15, -0.1) is 0 Å². The van der Waals surface area contributed by atoms with Gasteiger partial charge in [0.25, 0.3) is 11.8 Å². The lowest BCUT2D eigenvalue weighted by molar-refractivity contribution is -0.122. The first-order chi connectivity index (χ1) is 18.3. The van der Waals surface area contributed by atoms with Crippen LogP contribution in [-0.2, 0) is 16.2 Å². The molecule has 0 saturated carbocycles. The summed E-state index contributed by atoms with van der Waals surface area (Å²) in [7, 11) is 1.47. The molecule has 0 unspecified atom stereocenters. The molecule has 0 spiro atoms. The summed E-state index contributed by atoms with van der Waals surface area (Å²) in [6.07, 6.45) is 2.20. The van der Waals surface area contributed by atoms with Gasteiger partial charge >= 0.3 is 6.03 Å². The average molecular weight is 535 g/mol. The number of halogens is 1. The van der Waals surface area contributed by atoms with E-state index in [4.69, 9.17) is 25.8 Å². The first-order valence-corrected chi connectivity index (χ1v) is 12.4. The van der Waals surface area contributed by atoms with Crippen molar-refractivity contribution in [2.75, 3.05) is 18.6 Å². The maximum Gasteiger partial charge on any atom is 0.335 e. The van der Waals surface area contributed by atoms with Crippen molar-refractivity contribution in [3.63, 3.8) is 0 Å². The van der Waals surface area contributed by atoms with E-state index in [1.54, 1.807) is 36.4 Å². The molecule has 4 rings (SSSR count). The number of hydrogen-bond acceptors (Lipinski definition) is 6. The van der Waals surface area contributed by atoms with Gasteiger partial charge in [0, 0.05) is 0 Å². The minimum atomic E-state index is -0.838. The van der Waals surface area contributed by atoms with Crippen molar-refractivity contribution in [1.29, 1.82) is 0 Å². The van der Waals surface area contributed by atoms with Crippen LogP contribution in [0.4, 0.5) is 10.5 Å². The Kier molecular flexibility index (Phi) is 8.33. The number of ether oxygens (including phenoxy) is 3. The zero-order valence-corrected chi connectivity index (χ0v) is 22.0. The molecule has 196 valence electrons. The number of nitrogens with one attached hydrogen (secondary N) is 1. The van der Waals surface area contributed by atoms with Crippen molar-refractivity contribution >= 4 is 41.2 Å². The number of hydrogen-bond donors (Lipinski definition) is 1. The molecule has 0 bridgehead atoms. The van der Waals surface area contributed by atoms with Gasteiger partial charge in [0.05, 0.1) is 24.4 Å². The van der Waals surface area contributed by atoms with Crippen LogP contribution in [0.5, 0.6) is 17.2 Å². The Morgan fingerprint density at radius 3 is 2.45 bits per heavy atom. The third-order valence-corrected chi connectivity index (χ3v) is 5.98. The summed E-state index contributed by atoms with van der Waals surface area (Å²) in [4.78, 5) is 39.3. The van der Waals surface area contributed by atoms with Crippen molar-refractivity contribution in [3.05, 3.63) is 87.9 Å². The molecule has 8 nitrogen and oxygen atoms in total. The Hall–Kier alpha value is -4.30. The van der Waals surface area contributed by atoms with E-state index in [1.165, 1.54) is 13.2 Å². The molecule has 38 heavy (non-hydrogen) atoms. The van der Waals surface area contributed by atoms with Gasteiger partial charge in [-0.2, -0.15) is 0 Å². The Morgan fingerprint density at radius 1 is 1.00 bits per heavy atom. The molecule has 1 saturated heterocycles. The first-order valence-electron chi connectivity index (χ1n) is 12.0. The van der Waals surface area contributed by atoms with Crippen LogP contribution < -0.4 is 24.4 Å². The maximum absolute atomic E-state index is 13.3. The fourth-order valence-electron chi connectivity index (χ4n) is 3.89. The second-order valence-corrected chi connectivity index (χ2v) is 9.02. The van der Waals surface area contributed by atoms with Crippen molar-refractivity contribution < 1.29 is 28.6 Å². The Morgan fingerprint density at radius 2 is 1.76 bits per heavy atom. The van der Waals surface area contributed by atoms with Gasteiger partial charge in [-0.05, 0) is 66.9 Å². The van der Waals surface area contributed by atoms with Gasteiger partial charge in [0.1, 0.15) is 17.9 Å². The van der Waals surface area contributed by atoms with Gasteiger partial charge in [-0.25, -0.2) is 9.69 Å². The molecule has 3 aromatic rings. The lowest BCUT2D eigenvalue weighted by Crippen LogP contribution is -2.54. The summed E-state index contributed by atoms with van der Waals surface area (Å²) < 4.78 is 16.9. The van der Waals surface area contributed by atoms with Crippen LogP contribution in [-0.4, -0.2) is 31.6 Å². The number of methoxy groups -OCH3 is 1. The molecule has 1 aliphatic rings. The SMILES string of the molecule is CCCOc1ccc(N2C(=O)NC(=O)/C(=C/c3cc(Cl)c(OCc4cccc(C)c4)c(OC)c3)C2=O)cc1. The number of carbonyl (C=O) groups excluding carboxylic acids is 3. The molecule has 1 fully saturated rings. The molecule has 4 amide bonds. The fourth-order valence-corrected chi connectivity index (χ4v) is 4.16. The van der Waals surface area contributed by atoms with Crippen molar-refractivity contribution in [2.45, 2.75) is 26.9 Å². The number of imide groups is 2. The number of urea groups is 1. The molecule has 0 aliphatic carbocycles. The van der Waals surface area contributed by atoms with Crippen molar-refractivity contribution in [2.24, 2.45) is 0 Å². The molecule has 3 aromatic carbocycles. The van der Waals surface area contributed by atoms with E-state index >= 15 is 0 Å². The molecule has 0 aromatic heterocycles. The number of rotatable bonds is 9. The molecule has 1 N–H and O–H groups in total. The number of nitrogens with zero attached hydrogens (tertiary/aromatic N) is 1. The standard InChI is InChI=1S/C29H27ClN2O6/c1-4-12-37-22-10-8-21(9-11-22)32-28(34)23(27(33)31-29(32)35)14-20-15-24(30)26(25(16-20)36-3)38-17-19-7-5-6-18(2)13-19/h5-11,13-16H,4,12,17H2,1-3H3,(H,31,33,35)/b23-14-. The highest BCUT2D eigenvalue weighted by Crippen LogP contribution is 2.38. The quantitative estimate of drug-likeness (QED) is 0.280. The third kappa shape index (κ3) is 5.98. The largest absolute Gasteiger partial charge is 0.494 e. The normalized spacial score (nSPS) is 14.5. The van der Waals surface area contributed by atoms with Gasteiger partial charge in [-0.1, -0.05) is 48.4 Å². The highest BCUT2D eigenvalue weighted by Gasteiger charge is 2.37. The van der Waals surface area contributed by atoms with E-state index < -0.39 is 17.8 Å². The lowest BCUT2D eigenvalue weighted by Gasteiger charge is -2.26. The number of amides is 4. The highest BCUT2D eigenvalue weighted by molar-refractivity contribution is 6.39. The summed E-state index contributed by atoms with van der Waals surface area (Å²) >= 11 is 6.50. The van der Waals surface area contributed by atoms with Crippen LogP contribution in [0.3, 0.4) is 0 Å². The number of anilines is 1. The molecule has 9 heteroatoms. The monoisotopic (exact) mass is 534 g/mol. The van der Waals surface area contributed by atoms with Crippen LogP contribution in [0.1, 0.15) is 30.0 Å². The zero-order valence-electron chi connectivity index (χ0n) is 21.2. The van der Waals surface area contributed by atoms with Crippen LogP contribution >= 0.6 is 11.6 Å². The third-order valence-electron chi connectivity index (χ3n) is 5.70. The topological polar surface area (TPSA) is 94.2 Å². The average Bonchev–Trinajstić information content (AvgIpc) is 2.89. The number of carbonyl (C=O) groups is 3. The smallest absolute Gasteiger partial charge is 0.335 e. The summed E-state index contributed by atoms with van der Waals surface area (Å²) in [5.41, 5.74) is 2.56. The molecular weight excluding hydrogens is 508 g/mol. The van der Waals surface area contributed by atoms with Crippen LogP contribution in [0, 0.1) is 6.92 Å². The van der Waals surface area contributed by atoms with Gasteiger partial charge in [-0.3, -0.25) is 14.9 Å². The summed E-state index contributed by atoms with van der Waals surface area (Å²) in [5, 5.41) is 2.45. The van der Waals surface area contributed by atoms with E-state index in [2.05, 4.69) is 5.32 Å². The molecule has 0 radical (unpaired) electrons. The van der Waals surface area contributed by atoms with E-state index in [0.717, 1.165) is 22.4 Å². The summed E-state index contributed by atoms with van der Waals surface area (Å²) in [6, 6.07) is 16.7. The van der Waals surface area contributed by atoms with Gasteiger partial charge in [0.2, 0.25) is 0 Å². The van der Waals surface area contributed by atoms with Crippen LogP contribution in [0.25, 0.3) is 6.08 Å². The van der Waals surface area contributed by atoms with E-state index in [0.29, 0.717) is 35.1 Å². The predicted molar refractivity (Wildman–Crippen MR) is 145 cm³/mol. The van der Waals surface area contributed by atoms with E-state index in [1.807, 2.05) is 38.1 Å². The van der Waals surface area contributed by atoms with Crippen molar-refractivity contribution in [3.8, 4) is 17.2 Å². The Bertz CT molecular complexity index is 1400. The van der Waals surface area contributed by atoms with E-state index in [-0.39, 0.29) is 17.2 Å². The molecular formula is C29H27ClN2O6. The predicted octanol–water partition coefficient (Wildman–Crippen LogP) is 5.69. The fraction of sp³-hybridized carbons (Fsp3) is 0.207.